The van der Waals surface area contributed by atoms with Crippen molar-refractivity contribution < 1.29 is 4.74 Å². The van der Waals surface area contributed by atoms with E-state index in [1.54, 1.807) is 6.33 Å². The third kappa shape index (κ3) is 2.27. The molecule has 3 heterocycles. The van der Waals surface area contributed by atoms with Gasteiger partial charge < -0.3 is 15.4 Å². The van der Waals surface area contributed by atoms with Gasteiger partial charge in [-0.15, -0.1) is 0 Å². The first-order chi connectivity index (χ1) is 9.19. The molecule has 5 heteroatoms. The van der Waals surface area contributed by atoms with Gasteiger partial charge in [-0.05, 0) is 25.2 Å². The number of hydrogen-bond donors (Lipinski definition) is 2. The Morgan fingerprint density at radius 2 is 2.05 bits per heavy atom. The first-order valence-electron chi connectivity index (χ1n) is 7.13. The zero-order valence-electron chi connectivity index (χ0n) is 11.8. The van der Waals surface area contributed by atoms with Crippen LogP contribution in [0.3, 0.4) is 0 Å². The first-order valence-corrected chi connectivity index (χ1v) is 7.13. The van der Waals surface area contributed by atoms with Gasteiger partial charge in [-0.3, -0.25) is 0 Å². The molecule has 2 aliphatic heterocycles. The SMILES string of the molecule is CNc1ncnc(NC2CC3CCC2O3)c1C(C)C. The fourth-order valence-electron chi connectivity index (χ4n) is 3.22. The topological polar surface area (TPSA) is 59.1 Å². The lowest BCUT2D eigenvalue weighted by Gasteiger charge is -2.23. The Bertz CT molecular complexity index is 463. The summed E-state index contributed by atoms with van der Waals surface area (Å²) in [5.41, 5.74) is 1.16. The molecule has 3 rings (SSSR count). The minimum absolute atomic E-state index is 0.359. The monoisotopic (exact) mass is 262 g/mol. The molecule has 2 bridgehead atoms. The highest BCUT2D eigenvalue weighted by molar-refractivity contribution is 5.59. The molecule has 0 spiro atoms. The normalized spacial score (nSPS) is 28.9. The number of nitrogens with one attached hydrogen (secondary N) is 2. The highest BCUT2D eigenvalue weighted by Crippen LogP contribution is 2.37. The van der Waals surface area contributed by atoms with Crippen molar-refractivity contribution in [1.82, 2.24) is 9.97 Å². The Morgan fingerprint density at radius 1 is 1.26 bits per heavy atom. The van der Waals surface area contributed by atoms with Crippen molar-refractivity contribution in [2.75, 3.05) is 17.7 Å². The van der Waals surface area contributed by atoms with E-state index in [1.807, 2.05) is 7.05 Å². The van der Waals surface area contributed by atoms with Crippen molar-refractivity contribution in [2.45, 2.75) is 57.3 Å². The number of fused-ring (bicyclic) bond motifs is 2. The Morgan fingerprint density at radius 3 is 2.63 bits per heavy atom. The van der Waals surface area contributed by atoms with Gasteiger partial charge in [0, 0.05) is 12.6 Å². The van der Waals surface area contributed by atoms with Crippen molar-refractivity contribution >= 4 is 11.6 Å². The first kappa shape index (κ1) is 12.7. The molecule has 0 aliphatic carbocycles. The summed E-state index contributed by atoms with van der Waals surface area (Å²) in [6.45, 7) is 4.34. The van der Waals surface area contributed by atoms with Crippen LogP contribution in [0, 0.1) is 0 Å². The zero-order chi connectivity index (χ0) is 13.4. The second-order valence-corrected chi connectivity index (χ2v) is 5.75. The number of anilines is 2. The van der Waals surface area contributed by atoms with Gasteiger partial charge >= 0.3 is 0 Å². The molecule has 0 amide bonds. The summed E-state index contributed by atoms with van der Waals surface area (Å²) >= 11 is 0. The van der Waals surface area contributed by atoms with Gasteiger partial charge in [0.25, 0.3) is 0 Å². The van der Waals surface area contributed by atoms with E-state index in [0.29, 0.717) is 24.2 Å². The van der Waals surface area contributed by atoms with E-state index in [0.717, 1.165) is 23.6 Å². The van der Waals surface area contributed by atoms with Gasteiger partial charge in [-0.2, -0.15) is 0 Å². The van der Waals surface area contributed by atoms with Crippen LogP contribution < -0.4 is 10.6 Å². The molecule has 2 aliphatic rings. The van der Waals surface area contributed by atoms with Crippen LogP contribution in [0.5, 0.6) is 0 Å². The number of rotatable bonds is 4. The summed E-state index contributed by atoms with van der Waals surface area (Å²) in [5, 5.41) is 6.73. The third-order valence-corrected chi connectivity index (χ3v) is 4.13. The molecule has 2 N–H and O–H groups in total. The molecule has 0 saturated carbocycles. The van der Waals surface area contributed by atoms with E-state index in [-0.39, 0.29) is 0 Å². The Labute approximate surface area is 114 Å². The zero-order valence-corrected chi connectivity index (χ0v) is 11.8. The van der Waals surface area contributed by atoms with E-state index < -0.39 is 0 Å². The molecule has 2 saturated heterocycles. The predicted octanol–water partition coefficient (Wildman–Crippen LogP) is 2.37. The Kier molecular flexibility index (Phi) is 3.31. The van der Waals surface area contributed by atoms with Gasteiger partial charge in [0.15, 0.2) is 0 Å². The van der Waals surface area contributed by atoms with Crippen LogP contribution in [-0.2, 0) is 4.74 Å². The molecule has 104 valence electrons. The molecule has 3 atom stereocenters. The minimum atomic E-state index is 0.359. The van der Waals surface area contributed by atoms with Crippen molar-refractivity contribution in [2.24, 2.45) is 0 Å². The van der Waals surface area contributed by atoms with Crippen molar-refractivity contribution in [3.63, 3.8) is 0 Å². The van der Waals surface area contributed by atoms with Crippen LogP contribution in [0.15, 0.2) is 6.33 Å². The maximum atomic E-state index is 5.89. The van der Waals surface area contributed by atoms with E-state index in [2.05, 4.69) is 34.4 Å². The summed E-state index contributed by atoms with van der Waals surface area (Å²) in [7, 11) is 1.90. The average Bonchev–Trinajstić information content (AvgIpc) is 3.00. The second kappa shape index (κ2) is 4.96. The Hall–Kier alpha value is -1.36. The van der Waals surface area contributed by atoms with Crippen LogP contribution in [-0.4, -0.2) is 35.3 Å². The van der Waals surface area contributed by atoms with E-state index >= 15 is 0 Å². The summed E-state index contributed by atoms with van der Waals surface area (Å²) in [6.07, 6.45) is 5.91. The largest absolute Gasteiger partial charge is 0.373 e. The Balaban J connectivity index is 1.84. The summed E-state index contributed by atoms with van der Waals surface area (Å²) in [4.78, 5) is 8.75. The smallest absolute Gasteiger partial charge is 0.135 e. The van der Waals surface area contributed by atoms with Crippen LogP contribution in [0.4, 0.5) is 11.6 Å². The van der Waals surface area contributed by atoms with Crippen molar-refractivity contribution in [3.05, 3.63) is 11.9 Å². The van der Waals surface area contributed by atoms with Gasteiger partial charge in [-0.25, -0.2) is 9.97 Å². The number of aromatic nitrogens is 2. The molecule has 3 unspecified atom stereocenters. The number of hydrogen-bond acceptors (Lipinski definition) is 5. The summed E-state index contributed by atoms with van der Waals surface area (Å²) in [6, 6.07) is 0.399. The van der Waals surface area contributed by atoms with E-state index in [9.17, 15) is 0 Å². The number of ether oxygens (including phenoxy) is 1. The molecule has 0 radical (unpaired) electrons. The fourth-order valence-corrected chi connectivity index (χ4v) is 3.22. The average molecular weight is 262 g/mol. The van der Waals surface area contributed by atoms with E-state index in [1.165, 1.54) is 12.8 Å². The van der Waals surface area contributed by atoms with Crippen LogP contribution in [0.1, 0.15) is 44.6 Å². The standard InChI is InChI=1S/C14H22N4O/c1-8(2)12-13(15-3)16-7-17-14(12)18-10-6-9-4-5-11(10)19-9/h7-11H,4-6H2,1-3H3,(H2,15,16,17,18). The molecule has 2 fully saturated rings. The highest BCUT2D eigenvalue weighted by Gasteiger charge is 2.41. The molecular weight excluding hydrogens is 240 g/mol. The lowest BCUT2D eigenvalue weighted by atomic mass is 9.95. The van der Waals surface area contributed by atoms with Crippen LogP contribution >= 0.6 is 0 Å². The summed E-state index contributed by atoms with van der Waals surface area (Å²) < 4.78 is 5.89. The molecule has 19 heavy (non-hydrogen) atoms. The van der Waals surface area contributed by atoms with Crippen LogP contribution in [0.25, 0.3) is 0 Å². The highest BCUT2D eigenvalue weighted by atomic mass is 16.5. The van der Waals surface area contributed by atoms with Crippen molar-refractivity contribution in [3.8, 4) is 0 Å². The lowest BCUT2D eigenvalue weighted by Crippen LogP contribution is -2.31. The maximum Gasteiger partial charge on any atom is 0.135 e. The molecule has 5 nitrogen and oxygen atoms in total. The molecule has 0 aromatic carbocycles. The second-order valence-electron chi connectivity index (χ2n) is 5.75. The number of nitrogens with zero attached hydrogens (tertiary/aromatic N) is 2. The minimum Gasteiger partial charge on any atom is -0.373 e. The fraction of sp³-hybridized carbons (Fsp3) is 0.714. The third-order valence-electron chi connectivity index (χ3n) is 4.13. The molecular formula is C14H22N4O. The molecule has 1 aromatic rings. The maximum absolute atomic E-state index is 5.89. The predicted molar refractivity (Wildman–Crippen MR) is 75.6 cm³/mol. The summed E-state index contributed by atoms with van der Waals surface area (Å²) in [5.74, 6) is 2.25. The van der Waals surface area contributed by atoms with Gasteiger partial charge in [0.2, 0.25) is 0 Å². The quantitative estimate of drug-likeness (QED) is 0.872. The van der Waals surface area contributed by atoms with Gasteiger partial charge in [0.1, 0.15) is 18.0 Å². The van der Waals surface area contributed by atoms with E-state index in [4.69, 9.17) is 4.74 Å². The van der Waals surface area contributed by atoms with Crippen molar-refractivity contribution in [1.29, 1.82) is 0 Å². The molecule has 1 aromatic heterocycles. The lowest BCUT2D eigenvalue weighted by molar-refractivity contribution is 0.102. The van der Waals surface area contributed by atoms with Gasteiger partial charge in [0.05, 0.1) is 18.2 Å². The van der Waals surface area contributed by atoms with Gasteiger partial charge in [-0.1, -0.05) is 13.8 Å². The van der Waals surface area contributed by atoms with Crippen LogP contribution in [0.2, 0.25) is 0 Å².